The van der Waals surface area contributed by atoms with Gasteiger partial charge in [0.05, 0.1) is 33.1 Å². The van der Waals surface area contributed by atoms with Crippen molar-refractivity contribution in [3.05, 3.63) is 47.5 Å². The number of nitrogens with zero attached hydrogens (tertiary/aromatic N) is 2. The monoisotopic (exact) mass is 429 g/mol. The van der Waals surface area contributed by atoms with Gasteiger partial charge in [0, 0.05) is 25.2 Å². The maximum Gasteiger partial charge on any atom is 0.243 e. The van der Waals surface area contributed by atoms with Gasteiger partial charge in [-0.1, -0.05) is 0 Å². The van der Waals surface area contributed by atoms with Gasteiger partial charge in [-0.05, 0) is 48.4 Å². The quantitative estimate of drug-likeness (QED) is 0.689. The minimum Gasteiger partial charge on any atom is -0.493 e. The third kappa shape index (κ3) is 3.39. The first-order valence-corrected chi connectivity index (χ1v) is 11.7. The van der Waals surface area contributed by atoms with E-state index in [1.807, 2.05) is 18.2 Å². The van der Waals surface area contributed by atoms with Gasteiger partial charge in [-0.2, -0.15) is 4.31 Å². The number of sulfonamides is 1. The first kappa shape index (κ1) is 18.5. The average Bonchev–Trinajstić information content (AvgIpc) is 3.46. The second-order valence-corrected chi connectivity index (χ2v) is 10.1. The molecule has 7 nitrogen and oxygen atoms in total. The molecule has 29 heavy (non-hydrogen) atoms. The second kappa shape index (κ2) is 7.08. The largest absolute Gasteiger partial charge is 0.493 e. The summed E-state index contributed by atoms with van der Waals surface area (Å²) in [6.07, 6.45) is 1.21. The van der Waals surface area contributed by atoms with E-state index in [4.69, 9.17) is 4.74 Å². The Morgan fingerprint density at radius 1 is 1.24 bits per heavy atom. The van der Waals surface area contributed by atoms with Crippen molar-refractivity contribution in [1.29, 1.82) is 0 Å². The van der Waals surface area contributed by atoms with E-state index < -0.39 is 10.0 Å². The Bertz CT molecular complexity index is 1210. The number of hydrogen-bond acceptors (Lipinski definition) is 6. The van der Waals surface area contributed by atoms with Gasteiger partial charge in [0.25, 0.3) is 0 Å². The summed E-state index contributed by atoms with van der Waals surface area (Å²) in [5.74, 6) is 0.202. The lowest BCUT2D eigenvalue weighted by molar-refractivity contribution is -0.119. The molecule has 2 aliphatic rings. The van der Waals surface area contributed by atoms with Crippen LogP contribution in [-0.2, 0) is 21.2 Å². The maximum atomic E-state index is 13.0. The third-order valence-corrected chi connectivity index (χ3v) is 8.09. The van der Waals surface area contributed by atoms with Gasteiger partial charge in [0.15, 0.2) is 0 Å². The van der Waals surface area contributed by atoms with E-state index in [0.717, 1.165) is 21.5 Å². The molecule has 9 heteroatoms. The number of thiazole rings is 1. The molecule has 2 aliphatic heterocycles. The Morgan fingerprint density at radius 2 is 2.14 bits per heavy atom. The summed E-state index contributed by atoms with van der Waals surface area (Å²) in [4.78, 5) is 17.2. The average molecular weight is 430 g/mol. The number of carbonyl (C=O) groups is 1. The van der Waals surface area contributed by atoms with Crippen LogP contribution < -0.4 is 10.1 Å². The van der Waals surface area contributed by atoms with Crippen LogP contribution in [0.1, 0.15) is 12.0 Å². The van der Waals surface area contributed by atoms with E-state index in [1.54, 1.807) is 35.0 Å². The van der Waals surface area contributed by atoms with Crippen molar-refractivity contribution in [3.63, 3.8) is 0 Å². The third-order valence-electron chi connectivity index (χ3n) is 5.42. The molecule has 0 radical (unpaired) electrons. The van der Waals surface area contributed by atoms with Gasteiger partial charge in [0.1, 0.15) is 5.75 Å². The lowest BCUT2D eigenvalue weighted by Crippen LogP contribution is -2.31. The summed E-state index contributed by atoms with van der Waals surface area (Å²) in [7, 11) is -3.63. The fraction of sp³-hybridized carbons (Fsp3) is 0.300. The van der Waals surface area contributed by atoms with Gasteiger partial charge in [-0.15, -0.1) is 11.3 Å². The van der Waals surface area contributed by atoms with Crippen LogP contribution in [0, 0.1) is 5.92 Å². The zero-order valence-corrected chi connectivity index (χ0v) is 17.1. The van der Waals surface area contributed by atoms with Crippen LogP contribution in [0.15, 0.2) is 46.8 Å². The summed E-state index contributed by atoms with van der Waals surface area (Å²) in [6, 6.07) is 10.6. The van der Waals surface area contributed by atoms with Crippen LogP contribution in [-0.4, -0.2) is 43.3 Å². The molecule has 1 aromatic heterocycles. The molecular weight excluding hydrogens is 410 g/mol. The molecule has 1 saturated heterocycles. The van der Waals surface area contributed by atoms with Crippen molar-refractivity contribution >= 4 is 43.2 Å². The Hall–Kier alpha value is -2.49. The van der Waals surface area contributed by atoms with Gasteiger partial charge >= 0.3 is 0 Å². The number of carbonyl (C=O) groups excluding carboxylic acids is 1. The van der Waals surface area contributed by atoms with Crippen LogP contribution in [0.4, 0.5) is 5.69 Å². The first-order valence-electron chi connectivity index (χ1n) is 9.41. The number of benzene rings is 2. The van der Waals surface area contributed by atoms with E-state index in [-0.39, 0.29) is 23.3 Å². The number of hydrogen-bond donors (Lipinski definition) is 1. The van der Waals surface area contributed by atoms with Gasteiger partial charge in [-0.25, -0.2) is 13.4 Å². The van der Waals surface area contributed by atoms with Crippen molar-refractivity contribution in [2.24, 2.45) is 5.92 Å². The molecule has 0 spiro atoms. The Kier molecular flexibility index (Phi) is 4.53. The predicted molar refractivity (Wildman–Crippen MR) is 111 cm³/mol. The highest BCUT2D eigenvalue weighted by molar-refractivity contribution is 7.89. The molecule has 1 N–H and O–H groups in total. The Morgan fingerprint density at radius 3 is 3.03 bits per heavy atom. The second-order valence-electron chi connectivity index (χ2n) is 7.24. The summed E-state index contributed by atoms with van der Waals surface area (Å²) in [5.41, 5.74) is 4.19. The first-order chi connectivity index (χ1) is 14.0. The smallest absolute Gasteiger partial charge is 0.243 e. The summed E-state index contributed by atoms with van der Waals surface area (Å²) < 4.78 is 34.0. The van der Waals surface area contributed by atoms with E-state index in [1.165, 1.54) is 4.31 Å². The van der Waals surface area contributed by atoms with E-state index in [0.29, 0.717) is 31.7 Å². The SMILES string of the molecule is O=C(Nc1ccc2scnc2c1)C1CCN(S(=O)(=O)c2ccc3c(c2)CCO3)C1. The molecule has 1 fully saturated rings. The number of amides is 1. The van der Waals surface area contributed by atoms with Crippen LogP contribution in [0.25, 0.3) is 10.2 Å². The number of aromatic nitrogens is 1. The number of anilines is 1. The molecule has 0 bridgehead atoms. The highest BCUT2D eigenvalue weighted by Crippen LogP contribution is 2.31. The summed E-state index contributed by atoms with van der Waals surface area (Å²) in [6.45, 7) is 1.09. The molecule has 5 rings (SSSR count). The minimum atomic E-state index is -3.63. The fourth-order valence-corrected chi connectivity index (χ4v) is 6.02. The topological polar surface area (TPSA) is 88.6 Å². The number of ether oxygens (including phenoxy) is 1. The van der Waals surface area contributed by atoms with Gasteiger partial charge in [-0.3, -0.25) is 4.79 Å². The molecule has 150 valence electrons. The molecule has 1 atom stereocenters. The minimum absolute atomic E-state index is 0.167. The van der Waals surface area contributed by atoms with Crippen molar-refractivity contribution in [2.45, 2.75) is 17.7 Å². The molecule has 3 aromatic rings. The molecular formula is C20H19N3O4S2. The number of rotatable bonds is 4. The molecule has 0 saturated carbocycles. The summed E-state index contributed by atoms with van der Waals surface area (Å²) >= 11 is 1.54. The molecule has 3 heterocycles. The van der Waals surface area contributed by atoms with Gasteiger partial charge in [0.2, 0.25) is 15.9 Å². The zero-order valence-electron chi connectivity index (χ0n) is 15.5. The van der Waals surface area contributed by atoms with Crippen LogP contribution in [0.5, 0.6) is 5.75 Å². The molecule has 1 unspecified atom stereocenters. The van der Waals surface area contributed by atoms with Crippen molar-refractivity contribution < 1.29 is 17.9 Å². The van der Waals surface area contributed by atoms with Crippen LogP contribution in [0.2, 0.25) is 0 Å². The van der Waals surface area contributed by atoms with E-state index in [2.05, 4.69) is 10.3 Å². The van der Waals surface area contributed by atoms with Crippen LogP contribution >= 0.6 is 11.3 Å². The zero-order chi connectivity index (χ0) is 20.0. The highest BCUT2D eigenvalue weighted by atomic mass is 32.2. The predicted octanol–water partition coefficient (Wildman–Crippen LogP) is 2.88. The normalized spacial score (nSPS) is 19.2. The fourth-order valence-electron chi connectivity index (χ4n) is 3.81. The lowest BCUT2D eigenvalue weighted by atomic mass is 10.1. The molecule has 1 amide bonds. The van der Waals surface area contributed by atoms with E-state index >= 15 is 0 Å². The Labute approximate surface area is 172 Å². The molecule has 0 aliphatic carbocycles. The van der Waals surface area contributed by atoms with Crippen LogP contribution in [0.3, 0.4) is 0 Å². The van der Waals surface area contributed by atoms with Crippen molar-refractivity contribution in [3.8, 4) is 5.75 Å². The summed E-state index contributed by atoms with van der Waals surface area (Å²) in [5, 5.41) is 2.90. The van der Waals surface area contributed by atoms with Crippen molar-refractivity contribution in [1.82, 2.24) is 9.29 Å². The standard InChI is InChI=1S/C20H19N3O4S2/c24-20(22-15-1-4-19-17(10-15)21-12-28-19)14-5-7-23(11-14)29(25,26)16-2-3-18-13(9-16)6-8-27-18/h1-4,9-10,12,14H,5-8,11H2,(H,22,24). The van der Waals surface area contributed by atoms with Crippen molar-refractivity contribution in [2.75, 3.05) is 25.0 Å². The maximum absolute atomic E-state index is 13.0. The number of nitrogens with one attached hydrogen (secondary N) is 1. The molecule has 2 aromatic carbocycles. The number of fused-ring (bicyclic) bond motifs is 2. The highest BCUT2D eigenvalue weighted by Gasteiger charge is 2.36. The van der Waals surface area contributed by atoms with Gasteiger partial charge < -0.3 is 10.1 Å². The lowest BCUT2D eigenvalue weighted by Gasteiger charge is -2.17. The Balaban J connectivity index is 1.29. The van der Waals surface area contributed by atoms with E-state index in [9.17, 15) is 13.2 Å².